The molecule has 0 aliphatic carbocycles. The van der Waals surface area contributed by atoms with Gasteiger partial charge in [0.1, 0.15) is 5.65 Å². The van der Waals surface area contributed by atoms with Gasteiger partial charge in [0.15, 0.2) is 0 Å². The van der Waals surface area contributed by atoms with Crippen LogP contribution < -0.4 is 10.9 Å². The second-order valence-electron chi connectivity index (χ2n) is 7.22. The van der Waals surface area contributed by atoms with Crippen LogP contribution in [-0.4, -0.2) is 37.8 Å². The average molecular weight is 370 g/mol. The maximum Gasteiger partial charge on any atom is 0.251 e. The van der Waals surface area contributed by atoms with Crippen molar-refractivity contribution in [3.8, 4) is 11.4 Å². The van der Waals surface area contributed by atoms with Crippen molar-refractivity contribution < 1.29 is 4.52 Å². The van der Waals surface area contributed by atoms with Crippen LogP contribution in [0.4, 0.5) is 0 Å². The fourth-order valence-electron chi connectivity index (χ4n) is 3.75. The van der Waals surface area contributed by atoms with Gasteiger partial charge < -0.3 is 14.8 Å². The van der Waals surface area contributed by atoms with Crippen LogP contribution in [0.2, 0.25) is 0 Å². The second kappa shape index (κ2) is 8.04. The summed E-state index contributed by atoms with van der Waals surface area (Å²) >= 11 is 0. The Morgan fingerprint density at radius 2 is 2.11 bits per heavy atom. The lowest BCUT2D eigenvalue weighted by atomic mass is 9.94. The molecule has 1 aliphatic rings. The predicted molar refractivity (Wildman–Crippen MR) is 102 cm³/mol. The van der Waals surface area contributed by atoms with Crippen LogP contribution in [0, 0.1) is 0 Å². The van der Waals surface area contributed by atoms with Crippen molar-refractivity contribution in [1.29, 1.82) is 0 Å². The van der Waals surface area contributed by atoms with E-state index in [1.807, 2.05) is 4.52 Å². The minimum atomic E-state index is -0.124. The molecule has 0 spiro atoms. The highest BCUT2D eigenvalue weighted by molar-refractivity contribution is 5.71. The number of aromatic nitrogens is 5. The van der Waals surface area contributed by atoms with Gasteiger partial charge in [-0.1, -0.05) is 31.3 Å². The standard InChI is InChI=1S/C19H26N6O2/c1-2-3-4-5-6-17-23-18(24-27-17)14-12-21-25-15(11-16(26)22-19(14)25)13-7-9-20-10-8-13/h11-13,20H,2-10H2,1H3,(H,22,26). The van der Waals surface area contributed by atoms with Crippen molar-refractivity contribution in [2.24, 2.45) is 0 Å². The summed E-state index contributed by atoms with van der Waals surface area (Å²) in [6.07, 6.45) is 9.11. The van der Waals surface area contributed by atoms with Crippen molar-refractivity contribution in [2.75, 3.05) is 13.1 Å². The topological polar surface area (TPSA) is 101 Å². The number of aryl methyl sites for hydroxylation is 1. The number of nitrogens with zero attached hydrogens (tertiary/aromatic N) is 4. The van der Waals surface area contributed by atoms with Gasteiger partial charge in [0.05, 0.1) is 17.5 Å². The molecule has 0 saturated carbocycles. The largest absolute Gasteiger partial charge is 0.339 e. The molecule has 3 aromatic heterocycles. The van der Waals surface area contributed by atoms with Gasteiger partial charge in [-0.15, -0.1) is 0 Å². The summed E-state index contributed by atoms with van der Waals surface area (Å²) in [6, 6.07) is 1.66. The summed E-state index contributed by atoms with van der Waals surface area (Å²) in [5.74, 6) is 1.44. The first kappa shape index (κ1) is 17.9. The number of hydrogen-bond acceptors (Lipinski definition) is 6. The van der Waals surface area contributed by atoms with Crippen LogP contribution in [0.1, 0.15) is 63.0 Å². The van der Waals surface area contributed by atoms with Crippen molar-refractivity contribution >= 4 is 5.65 Å². The third kappa shape index (κ3) is 3.80. The molecule has 8 nitrogen and oxygen atoms in total. The number of H-pyrrole nitrogens is 1. The summed E-state index contributed by atoms with van der Waals surface area (Å²) in [5, 5.41) is 12.0. The van der Waals surface area contributed by atoms with E-state index >= 15 is 0 Å². The molecule has 4 rings (SSSR count). The molecule has 4 heterocycles. The van der Waals surface area contributed by atoms with E-state index in [9.17, 15) is 4.79 Å². The molecular weight excluding hydrogens is 344 g/mol. The van der Waals surface area contributed by atoms with Crippen LogP contribution in [0.3, 0.4) is 0 Å². The zero-order valence-corrected chi connectivity index (χ0v) is 15.7. The van der Waals surface area contributed by atoms with Gasteiger partial charge >= 0.3 is 0 Å². The Labute approximate surface area is 157 Å². The maximum absolute atomic E-state index is 12.3. The van der Waals surface area contributed by atoms with Crippen LogP contribution in [-0.2, 0) is 6.42 Å². The molecule has 0 aromatic carbocycles. The molecular formula is C19H26N6O2. The molecule has 144 valence electrons. The minimum Gasteiger partial charge on any atom is -0.339 e. The SMILES string of the molecule is CCCCCCc1nc(-c2cnn3c(C4CCNCC4)cc(=O)[nH]c23)no1. The van der Waals surface area contributed by atoms with Gasteiger partial charge in [-0.05, 0) is 32.4 Å². The monoisotopic (exact) mass is 370 g/mol. The Morgan fingerprint density at radius 1 is 1.26 bits per heavy atom. The van der Waals surface area contributed by atoms with Crippen molar-refractivity contribution in [3.63, 3.8) is 0 Å². The number of piperidine rings is 1. The van der Waals surface area contributed by atoms with Crippen LogP contribution in [0.15, 0.2) is 21.6 Å². The van der Waals surface area contributed by atoms with Crippen molar-refractivity contribution in [2.45, 2.75) is 57.8 Å². The predicted octanol–water partition coefficient (Wildman–Crippen LogP) is 2.66. The Bertz CT molecular complexity index is 951. The smallest absolute Gasteiger partial charge is 0.251 e. The number of nitrogens with one attached hydrogen (secondary N) is 2. The second-order valence-corrected chi connectivity index (χ2v) is 7.22. The van der Waals surface area contributed by atoms with E-state index in [4.69, 9.17) is 4.52 Å². The summed E-state index contributed by atoms with van der Waals surface area (Å²) in [4.78, 5) is 19.7. The average Bonchev–Trinajstić information content (AvgIpc) is 3.32. The Hall–Kier alpha value is -2.48. The van der Waals surface area contributed by atoms with E-state index in [1.165, 1.54) is 12.8 Å². The van der Waals surface area contributed by atoms with E-state index < -0.39 is 0 Å². The highest BCUT2D eigenvalue weighted by atomic mass is 16.5. The number of rotatable bonds is 7. The van der Waals surface area contributed by atoms with Gasteiger partial charge in [-0.25, -0.2) is 4.52 Å². The van der Waals surface area contributed by atoms with Gasteiger partial charge in [-0.3, -0.25) is 4.79 Å². The minimum absolute atomic E-state index is 0.124. The molecule has 0 bridgehead atoms. The summed E-state index contributed by atoms with van der Waals surface area (Å²) < 4.78 is 7.22. The van der Waals surface area contributed by atoms with E-state index in [0.29, 0.717) is 28.8 Å². The highest BCUT2D eigenvalue weighted by Crippen LogP contribution is 2.27. The van der Waals surface area contributed by atoms with Gasteiger partial charge in [0.25, 0.3) is 5.56 Å². The van der Waals surface area contributed by atoms with Crippen LogP contribution in [0.5, 0.6) is 0 Å². The van der Waals surface area contributed by atoms with Crippen molar-refractivity contribution in [1.82, 2.24) is 30.1 Å². The zero-order valence-electron chi connectivity index (χ0n) is 15.7. The summed E-state index contributed by atoms with van der Waals surface area (Å²) in [7, 11) is 0. The van der Waals surface area contributed by atoms with Crippen LogP contribution >= 0.6 is 0 Å². The fraction of sp³-hybridized carbons (Fsp3) is 0.579. The Balaban J connectivity index is 1.62. The third-order valence-electron chi connectivity index (χ3n) is 5.24. The Morgan fingerprint density at radius 3 is 2.93 bits per heavy atom. The molecule has 3 aromatic rings. The van der Waals surface area contributed by atoms with Gasteiger partial charge in [0, 0.05) is 18.4 Å². The van der Waals surface area contributed by atoms with Gasteiger partial charge in [0.2, 0.25) is 11.7 Å². The molecule has 0 radical (unpaired) electrons. The molecule has 0 atom stereocenters. The number of unbranched alkanes of at least 4 members (excludes halogenated alkanes) is 3. The summed E-state index contributed by atoms with van der Waals surface area (Å²) in [5.41, 5.74) is 2.16. The molecule has 1 aliphatic heterocycles. The highest BCUT2D eigenvalue weighted by Gasteiger charge is 2.22. The molecule has 1 fully saturated rings. The fourth-order valence-corrected chi connectivity index (χ4v) is 3.75. The number of aromatic amines is 1. The first-order valence-corrected chi connectivity index (χ1v) is 9.91. The number of hydrogen-bond donors (Lipinski definition) is 2. The molecule has 2 N–H and O–H groups in total. The normalized spacial score (nSPS) is 15.6. The third-order valence-corrected chi connectivity index (χ3v) is 5.24. The van der Waals surface area contributed by atoms with E-state index in [2.05, 4.69) is 32.5 Å². The summed E-state index contributed by atoms with van der Waals surface area (Å²) in [6.45, 7) is 4.10. The maximum atomic E-state index is 12.3. The van der Waals surface area contributed by atoms with E-state index in [0.717, 1.165) is 50.9 Å². The lowest BCUT2D eigenvalue weighted by molar-refractivity contribution is 0.374. The molecule has 0 amide bonds. The molecule has 0 unspecified atom stereocenters. The van der Waals surface area contributed by atoms with E-state index in [1.54, 1.807) is 12.3 Å². The Kier molecular flexibility index (Phi) is 5.33. The molecule has 1 saturated heterocycles. The first-order chi connectivity index (χ1) is 13.3. The lowest BCUT2D eigenvalue weighted by Crippen LogP contribution is -2.28. The number of fused-ring (bicyclic) bond motifs is 1. The first-order valence-electron chi connectivity index (χ1n) is 9.91. The molecule has 8 heteroatoms. The van der Waals surface area contributed by atoms with Gasteiger partial charge in [-0.2, -0.15) is 10.1 Å². The quantitative estimate of drug-likeness (QED) is 0.620. The van der Waals surface area contributed by atoms with Crippen LogP contribution in [0.25, 0.3) is 17.0 Å². The lowest BCUT2D eigenvalue weighted by Gasteiger charge is -2.23. The van der Waals surface area contributed by atoms with E-state index in [-0.39, 0.29) is 5.56 Å². The molecule has 27 heavy (non-hydrogen) atoms. The zero-order chi connectivity index (χ0) is 18.6. The van der Waals surface area contributed by atoms with Crippen molar-refractivity contribution in [3.05, 3.63) is 34.2 Å².